The summed E-state index contributed by atoms with van der Waals surface area (Å²) >= 11 is 1.37. The Kier molecular flexibility index (Phi) is 6.89. The van der Waals surface area contributed by atoms with E-state index in [1.165, 1.54) is 11.8 Å². The van der Waals surface area contributed by atoms with Crippen LogP contribution in [-0.2, 0) is 11.3 Å². The molecule has 0 aliphatic carbocycles. The standard InChI is InChI=1S/C22H25N3O4S/c1-14-15(2)22(30-13-20(26)24-19-7-5-6-10-23-19)25(21(14)27)12-16-8-9-17(28-3)11-18(16)29-4/h5-11,27H,12-13H2,1-4H3,(H,23,24,26). The van der Waals surface area contributed by atoms with E-state index in [1.54, 1.807) is 37.1 Å². The molecule has 0 saturated carbocycles. The predicted octanol–water partition coefficient (Wildman–Crippen LogP) is 4.00. The minimum absolute atomic E-state index is 0.162. The van der Waals surface area contributed by atoms with Gasteiger partial charge in [0.05, 0.1) is 31.5 Å². The van der Waals surface area contributed by atoms with Gasteiger partial charge in [-0.3, -0.25) is 4.79 Å². The SMILES string of the molecule is COc1ccc(Cn2c(O)c(C)c(C)c2SCC(=O)Nc2ccccn2)c(OC)c1. The molecule has 0 aliphatic rings. The van der Waals surface area contributed by atoms with Gasteiger partial charge in [-0.1, -0.05) is 17.8 Å². The Morgan fingerprint density at radius 2 is 1.97 bits per heavy atom. The van der Waals surface area contributed by atoms with Gasteiger partial charge in [0.2, 0.25) is 5.91 Å². The van der Waals surface area contributed by atoms with Crippen molar-refractivity contribution in [2.75, 3.05) is 25.3 Å². The second kappa shape index (κ2) is 9.58. The summed E-state index contributed by atoms with van der Waals surface area (Å²) in [6.45, 7) is 4.21. The quantitative estimate of drug-likeness (QED) is 0.529. The maximum Gasteiger partial charge on any atom is 0.235 e. The molecule has 1 amide bonds. The summed E-state index contributed by atoms with van der Waals surface area (Å²) in [5.74, 6) is 2.09. The fraction of sp³-hybridized carbons (Fsp3) is 0.273. The number of ether oxygens (including phenoxy) is 2. The third kappa shape index (κ3) is 4.71. The Hall–Kier alpha value is -3.13. The van der Waals surface area contributed by atoms with E-state index in [2.05, 4.69) is 10.3 Å². The number of nitrogens with zero attached hydrogens (tertiary/aromatic N) is 2. The second-order valence-electron chi connectivity index (χ2n) is 6.69. The first-order chi connectivity index (χ1) is 14.4. The number of aromatic hydroxyl groups is 1. The van der Waals surface area contributed by atoms with Crippen LogP contribution < -0.4 is 14.8 Å². The number of thioether (sulfide) groups is 1. The van der Waals surface area contributed by atoms with Crippen molar-refractivity contribution < 1.29 is 19.4 Å². The zero-order valence-corrected chi connectivity index (χ0v) is 18.2. The van der Waals surface area contributed by atoms with Crippen molar-refractivity contribution in [2.45, 2.75) is 25.4 Å². The summed E-state index contributed by atoms with van der Waals surface area (Å²) in [7, 11) is 3.20. The molecule has 30 heavy (non-hydrogen) atoms. The van der Waals surface area contributed by atoms with Crippen LogP contribution in [0.15, 0.2) is 47.6 Å². The summed E-state index contributed by atoms with van der Waals surface area (Å²) in [6.07, 6.45) is 1.63. The number of carbonyl (C=O) groups is 1. The number of hydrogen-bond donors (Lipinski definition) is 2. The van der Waals surface area contributed by atoms with Gasteiger partial charge in [-0.05, 0) is 43.7 Å². The highest BCUT2D eigenvalue weighted by molar-refractivity contribution is 8.00. The van der Waals surface area contributed by atoms with Crippen molar-refractivity contribution in [1.29, 1.82) is 0 Å². The van der Waals surface area contributed by atoms with Crippen molar-refractivity contribution in [1.82, 2.24) is 9.55 Å². The molecule has 1 aromatic carbocycles. The normalized spacial score (nSPS) is 10.7. The van der Waals surface area contributed by atoms with Gasteiger partial charge in [0, 0.05) is 23.4 Å². The molecule has 0 radical (unpaired) electrons. The third-order valence-corrected chi connectivity index (χ3v) is 6.02. The van der Waals surface area contributed by atoms with Gasteiger partial charge in [0.15, 0.2) is 5.88 Å². The number of rotatable bonds is 8. The summed E-state index contributed by atoms with van der Waals surface area (Å²) < 4.78 is 12.5. The summed E-state index contributed by atoms with van der Waals surface area (Å²) in [4.78, 5) is 16.5. The highest BCUT2D eigenvalue weighted by Gasteiger charge is 2.20. The van der Waals surface area contributed by atoms with E-state index in [0.29, 0.717) is 23.9 Å². The van der Waals surface area contributed by atoms with E-state index < -0.39 is 0 Å². The molecule has 0 atom stereocenters. The molecule has 2 N–H and O–H groups in total. The lowest BCUT2D eigenvalue weighted by Crippen LogP contribution is -2.15. The largest absolute Gasteiger partial charge is 0.497 e. The summed E-state index contributed by atoms with van der Waals surface area (Å²) in [6, 6.07) is 10.9. The number of pyridine rings is 1. The maximum atomic E-state index is 12.4. The van der Waals surface area contributed by atoms with Gasteiger partial charge in [-0.2, -0.15) is 0 Å². The lowest BCUT2D eigenvalue weighted by molar-refractivity contribution is -0.113. The van der Waals surface area contributed by atoms with Crippen molar-refractivity contribution in [3.63, 3.8) is 0 Å². The Morgan fingerprint density at radius 3 is 2.63 bits per heavy atom. The van der Waals surface area contributed by atoms with Gasteiger partial charge in [0.25, 0.3) is 0 Å². The van der Waals surface area contributed by atoms with Gasteiger partial charge in [0.1, 0.15) is 17.3 Å². The Morgan fingerprint density at radius 1 is 1.17 bits per heavy atom. The summed E-state index contributed by atoms with van der Waals surface area (Å²) in [5, 5.41) is 14.3. The van der Waals surface area contributed by atoms with Crippen LogP contribution >= 0.6 is 11.8 Å². The average Bonchev–Trinajstić information content (AvgIpc) is 2.96. The molecule has 3 rings (SSSR count). The van der Waals surface area contributed by atoms with E-state index in [1.807, 2.05) is 38.1 Å². The number of amides is 1. The molecule has 0 bridgehead atoms. The molecular weight excluding hydrogens is 402 g/mol. The van der Waals surface area contributed by atoms with E-state index >= 15 is 0 Å². The second-order valence-corrected chi connectivity index (χ2v) is 7.66. The lowest BCUT2D eigenvalue weighted by atomic mass is 10.2. The molecule has 0 spiro atoms. The summed E-state index contributed by atoms with van der Waals surface area (Å²) in [5.41, 5.74) is 2.62. The molecule has 0 unspecified atom stereocenters. The first-order valence-corrected chi connectivity index (χ1v) is 10.4. The molecule has 2 aromatic heterocycles. The van der Waals surface area contributed by atoms with Crippen LogP contribution in [0, 0.1) is 13.8 Å². The van der Waals surface area contributed by atoms with Gasteiger partial charge >= 0.3 is 0 Å². The van der Waals surface area contributed by atoms with Crippen molar-refractivity contribution in [3.05, 3.63) is 59.3 Å². The number of methoxy groups -OCH3 is 2. The Balaban J connectivity index is 1.81. The molecule has 7 nitrogen and oxygen atoms in total. The minimum atomic E-state index is -0.162. The van der Waals surface area contributed by atoms with Crippen LogP contribution in [0.25, 0.3) is 0 Å². The van der Waals surface area contributed by atoms with Gasteiger partial charge in [-0.25, -0.2) is 4.98 Å². The molecule has 158 valence electrons. The molecule has 8 heteroatoms. The zero-order valence-electron chi connectivity index (χ0n) is 17.4. The Labute approximate surface area is 180 Å². The third-order valence-electron chi connectivity index (χ3n) is 4.81. The maximum absolute atomic E-state index is 12.4. The smallest absolute Gasteiger partial charge is 0.235 e. The number of anilines is 1. The fourth-order valence-corrected chi connectivity index (χ4v) is 4.08. The fourth-order valence-electron chi connectivity index (χ4n) is 3.06. The highest BCUT2D eigenvalue weighted by Crippen LogP contribution is 2.36. The van der Waals surface area contributed by atoms with E-state index in [0.717, 1.165) is 21.7 Å². The number of aromatic nitrogens is 2. The van der Waals surface area contributed by atoms with E-state index in [4.69, 9.17) is 9.47 Å². The topological polar surface area (TPSA) is 85.6 Å². The molecule has 0 fully saturated rings. The van der Waals surface area contributed by atoms with E-state index in [9.17, 15) is 9.90 Å². The minimum Gasteiger partial charge on any atom is -0.497 e. The molecular formula is C22H25N3O4S. The predicted molar refractivity (Wildman–Crippen MR) is 118 cm³/mol. The van der Waals surface area contributed by atoms with Crippen LogP contribution in [0.3, 0.4) is 0 Å². The number of carbonyl (C=O) groups excluding carboxylic acids is 1. The lowest BCUT2D eigenvalue weighted by Gasteiger charge is -2.14. The van der Waals surface area contributed by atoms with Crippen LogP contribution in [-0.4, -0.2) is 40.5 Å². The van der Waals surface area contributed by atoms with Crippen LogP contribution in [0.1, 0.15) is 16.7 Å². The average molecular weight is 428 g/mol. The van der Waals surface area contributed by atoms with Crippen LogP contribution in [0.4, 0.5) is 5.82 Å². The van der Waals surface area contributed by atoms with Crippen molar-refractivity contribution >= 4 is 23.5 Å². The number of hydrogen-bond acceptors (Lipinski definition) is 6. The molecule has 0 saturated heterocycles. The monoisotopic (exact) mass is 427 g/mol. The molecule has 0 aliphatic heterocycles. The number of benzene rings is 1. The highest BCUT2D eigenvalue weighted by atomic mass is 32.2. The first kappa shape index (κ1) is 21.6. The van der Waals surface area contributed by atoms with Crippen LogP contribution in [0.2, 0.25) is 0 Å². The van der Waals surface area contributed by atoms with Gasteiger partial charge < -0.3 is 24.5 Å². The van der Waals surface area contributed by atoms with E-state index in [-0.39, 0.29) is 17.5 Å². The van der Waals surface area contributed by atoms with Crippen molar-refractivity contribution in [3.8, 4) is 17.4 Å². The Bertz CT molecular complexity index is 1030. The first-order valence-electron chi connectivity index (χ1n) is 9.37. The van der Waals surface area contributed by atoms with Crippen LogP contribution in [0.5, 0.6) is 17.4 Å². The number of nitrogens with one attached hydrogen (secondary N) is 1. The molecule has 3 aromatic rings. The zero-order chi connectivity index (χ0) is 21.7. The molecule has 2 heterocycles. The van der Waals surface area contributed by atoms with Gasteiger partial charge in [-0.15, -0.1) is 0 Å². The van der Waals surface area contributed by atoms with Crippen molar-refractivity contribution in [2.24, 2.45) is 0 Å².